The normalized spacial score (nSPS) is 17.5. The van der Waals surface area contributed by atoms with Crippen LogP contribution in [-0.4, -0.2) is 68.0 Å². The predicted octanol–water partition coefficient (Wildman–Crippen LogP) is 2.24. The molecule has 1 aromatic carbocycles. The Kier molecular flexibility index (Phi) is 6.39. The van der Waals surface area contributed by atoms with Crippen LogP contribution in [0.4, 0.5) is 0 Å². The lowest BCUT2D eigenvalue weighted by atomic mass is 9.91. The van der Waals surface area contributed by atoms with Gasteiger partial charge < -0.3 is 20.1 Å². The van der Waals surface area contributed by atoms with E-state index in [0.29, 0.717) is 63.2 Å². The van der Waals surface area contributed by atoms with Crippen molar-refractivity contribution < 1.29 is 14.4 Å². The van der Waals surface area contributed by atoms with E-state index in [1.165, 1.54) is 0 Å². The number of aromatic nitrogens is 3. The van der Waals surface area contributed by atoms with Crippen LogP contribution in [0.5, 0.6) is 0 Å². The average Bonchev–Trinajstić information content (AvgIpc) is 3.58. The maximum atomic E-state index is 13.6. The van der Waals surface area contributed by atoms with Gasteiger partial charge in [-0.25, -0.2) is 4.68 Å². The van der Waals surface area contributed by atoms with Crippen LogP contribution in [0.3, 0.4) is 0 Å². The lowest BCUT2D eigenvalue weighted by Gasteiger charge is -2.36. The first-order valence-electron chi connectivity index (χ1n) is 12.2. The summed E-state index contributed by atoms with van der Waals surface area (Å²) < 4.78 is 3.68. The van der Waals surface area contributed by atoms with E-state index in [0.717, 1.165) is 5.69 Å². The Morgan fingerprint density at radius 3 is 2.03 bits per heavy atom. The van der Waals surface area contributed by atoms with E-state index in [9.17, 15) is 14.4 Å². The summed E-state index contributed by atoms with van der Waals surface area (Å²) in [5, 5.41) is 4.54. The van der Waals surface area contributed by atoms with E-state index in [-0.39, 0.29) is 29.6 Å². The molecule has 3 amide bonds. The van der Waals surface area contributed by atoms with Crippen LogP contribution in [0.2, 0.25) is 0 Å². The summed E-state index contributed by atoms with van der Waals surface area (Å²) in [7, 11) is 0. The number of piperidine rings is 2. The molecular formula is C26H30N6O3. The number of nitrogens with two attached hydrogens (primary N) is 1. The number of hydrogen-bond donors (Lipinski definition) is 1. The first-order valence-corrected chi connectivity index (χ1v) is 12.2. The Morgan fingerprint density at radius 1 is 0.800 bits per heavy atom. The van der Waals surface area contributed by atoms with Crippen LogP contribution in [0.25, 0.3) is 11.5 Å². The Labute approximate surface area is 204 Å². The van der Waals surface area contributed by atoms with Crippen LogP contribution in [0.15, 0.2) is 61.1 Å². The van der Waals surface area contributed by atoms with Crippen LogP contribution < -0.4 is 5.73 Å². The highest BCUT2D eigenvalue weighted by Gasteiger charge is 2.34. The third-order valence-corrected chi connectivity index (χ3v) is 7.16. The highest BCUT2D eigenvalue weighted by molar-refractivity contribution is 5.97. The van der Waals surface area contributed by atoms with Crippen molar-refractivity contribution in [1.29, 1.82) is 0 Å². The van der Waals surface area contributed by atoms with Gasteiger partial charge in [0.1, 0.15) is 5.56 Å². The van der Waals surface area contributed by atoms with Gasteiger partial charge in [-0.05, 0) is 49.9 Å². The maximum Gasteiger partial charge on any atom is 0.259 e. The Bertz CT molecular complexity index is 1190. The largest absolute Gasteiger partial charge is 0.369 e. The molecule has 9 heteroatoms. The molecule has 3 aromatic rings. The number of benzene rings is 1. The molecule has 182 valence electrons. The molecule has 2 N–H and O–H groups in total. The highest BCUT2D eigenvalue weighted by Crippen LogP contribution is 2.26. The number of para-hydroxylation sites is 1. The van der Waals surface area contributed by atoms with Crippen LogP contribution in [-0.2, 0) is 9.59 Å². The van der Waals surface area contributed by atoms with Gasteiger partial charge in [0.05, 0.1) is 11.9 Å². The number of amides is 3. The van der Waals surface area contributed by atoms with Gasteiger partial charge in [-0.3, -0.25) is 14.4 Å². The van der Waals surface area contributed by atoms with Crippen molar-refractivity contribution >= 4 is 17.7 Å². The SMILES string of the molecule is NC(=O)C1CCN(C(=O)C2CCN(C(=O)c3cnn(-c4ccccc4)c3-n3cccc3)CC2)CC1. The number of likely N-dealkylation sites (tertiary alicyclic amines) is 2. The van der Waals surface area contributed by atoms with Gasteiger partial charge in [0.15, 0.2) is 5.82 Å². The maximum absolute atomic E-state index is 13.6. The Morgan fingerprint density at radius 2 is 1.40 bits per heavy atom. The lowest BCUT2D eigenvalue weighted by Crippen LogP contribution is -2.47. The molecule has 5 rings (SSSR count). The van der Waals surface area contributed by atoms with Crippen molar-refractivity contribution in [3.05, 3.63) is 66.6 Å². The van der Waals surface area contributed by atoms with Gasteiger partial charge in [-0.15, -0.1) is 0 Å². The number of nitrogens with zero attached hydrogens (tertiary/aromatic N) is 5. The van der Waals surface area contributed by atoms with Gasteiger partial charge in [-0.1, -0.05) is 18.2 Å². The minimum absolute atomic E-state index is 0.0796. The van der Waals surface area contributed by atoms with Crippen molar-refractivity contribution in [3.63, 3.8) is 0 Å². The molecule has 4 heterocycles. The fourth-order valence-corrected chi connectivity index (χ4v) is 5.12. The molecule has 0 saturated carbocycles. The smallest absolute Gasteiger partial charge is 0.259 e. The van der Waals surface area contributed by atoms with E-state index in [1.54, 1.807) is 10.9 Å². The first kappa shape index (κ1) is 22.9. The molecule has 0 radical (unpaired) electrons. The van der Waals surface area contributed by atoms with Crippen molar-refractivity contribution in [2.45, 2.75) is 25.7 Å². The molecule has 2 aromatic heterocycles. The van der Waals surface area contributed by atoms with Gasteiger partial charge in [-0.2, -0.15) is 5.10 Å². The van der Waals surface area contributed by atoms with Crippen LogP contribution in [0, 0.1) is 11.8 Å². The van der Waals surface area contributed by atoms with E-state index in [1.807, 2.05) is 69.2 Å². The second kappa shape index (κ2) is 9.77. The van der Waals surface area contributed by atoms with Gasteiger partial charge in [0.2, 0.25) is 11.8 Å². The topological polar surface area (TPSA) is 106 Å². The first-order chi connectivity index (χ1) is 17.0. The molecular weight excluding hydrogens is 444 g/mol. The molecule has 0 bridgehead atoms. The average molecular weight is 475 g/mol. The molecule has 0 unspecified atom stereocenters. The molecule has 0 spiro atoms. The number of primary amides is 1. The number of hydrogen-bond acceptors (Lipinski definition) is 4. The summed E-state index contributed by atoms with van der Waals surface area (Å²) in [6, 6.07) is 13.6. The van der Waals surface area contributed by atoms with Crippen LogP contribution in [0.1, 0.15) is 36.0 Å². The summed E-state index contributed by atoms with van der Waals surface area (Å²) in [6.07, 6.45) is 7.96. The second-order valence-corrected chi connectivity index (χ2v) is 9.29. The zero-order valence-electron chi connectivity index (χ0n) is 19.6. The van der Waals surface area contributed by atoms with Crippen molar-refractivity contribution in [2.24, 2.45) is 17.6 Å². The molecule has 2 aliphatic heterocycles. The summed E-state index contributed by atoms with van der Waals surface area (Å²) >= 11 is 0. The molecule has 0 atom stereocenters. The third kappa shape index (κ3) is 4.58. The number of carbonyl (C=O) groups excluding carboxylic acids is 3. The highest BCUT2D eigenvalue weighted by atomic mass is 16.2. The summed E-state index contributed by atoms with van der Waals surface area (Å²) in [5.41, 5.74) is 6.82. The van der Waals surface area contributed by atoms with Crippen molar-refractivity contribution in [3.8, 4) is 11.5 Å². The monoisotopic (exact) mass is 474 g/mol. The summed E-state index contributed by atoms with van der Waals surface area (Å²) in [4.78, 5) is 41.7. The van der Waals surface area contributed by atoms with E-state index in [2.05, 4.69) is 5.10 Å². The standard InChI is InChI=1S/C26H30N6O3/c27-23(33)19-8-14-30(15-9-19)25(34)20-10-16-31(17-11-20)26(35)22-18-28-32(21-6-2-1-3-7-21)24(22)29-12-4-5-13-29/h1-7,12-13,18-20H,8-11,14-17H2,(H2,27,33). The van der Waals surface area contributed by atoms with Gasteiger partial charge in [0, 0.05) is 50.4 Å². The molecule has 2 fully saturated rings. The van der Waals surface area contributed by atoms with Crippen molar-refractivity contribution in [2.75, 3.05) is 26.2 Å². The van der Waals surface area contributed by atoms with E-state index in [4.69, 9.17) is 5.73 Å². The minimum Gasteiger partial charge on any atom is -0.369 e. The Hall–Kier alpha value is -3.88. The van der Waals surface area contributed by atoms with Crippen LogP contribution >= 0.6 is 0 Å². The lowest BCUT2D eigenvalue weighted by molar-refractivity contribution is -0.139. The van der Waals surface area contributed by atoms with Crippen molar-refractivity contribution in [1.82, 2.24) is 24.1 Å². The molecule has 9 nitrogen and oxygen atoms in total. The number of carbonyl (C=O) groups is 3. The molecule has 35 heavy (non-hydrogen) atoms. The summed E-state index contributed by atoms with van der Waals surface area (Å²) in [6.45, 7) is 2.19. The number of rotatable bonds is 5. The zero-order valence-corrected chi connectivity index (χ0v) is 19.6. The molecule has 0 aliphatic carbocycles. The van der Waals surface area contributed by atoms with E-state index >= 15 is 0 Å². The minimum atomic E-state index is -0.279. The van der Waals surface area contributed by atoms with Gasteiger partial charge in [0.25, 0.3) is 5.91 Å². The Balaban J connectivity index is 1.27. The quantitative estimate of drug-likeness (QED) is 0.612. The van der Waals surface area contributed by atoms with Gasteiger partial charge >= 0.3 is 0 Å². The third-order valence-electron chi connectivity index (χ3n) is 7.16. The fraction of sp³-hybridized carbons (Fsp3) is 0.385. The summed E-state index contributed by atoms with van der Waals surface area (Å²) in [5.74, 6) is 0.236. The molecule has 2 saturated heterocycles. The fourth-order valence-electron chi connectivity index (χ4n) is 5.12. The zero-order chi connectivity index (χ0) is 24.4. The second-order valence-electron chi connectivity index (χ2n) is 9.29. The molecule has 2 aliphatic rings. The van der Waals surface area contributed by atoms with E-state index < -0.39 is 0 Å². The predicted molar refractivity (Wildman–Crippen MR) is 130 cm³/mol.